The monoisotopic (exact) mass is 320 g/mol. The summed E-state index contributed by atoms with van der Waals surface area (Å²) in [5.41, 5.74) is 3.05. The van der Waals surface area contributed by atoms with Gasteiger partial charge >= 0.3 is 0 Å². The SMILES string of the molecule is O=C(CC1CCN(c2cc[nH]c3cnc4nccc4c23)C1)C1CC1. The van der Waals surface area contributed by atoms with E-state index in [1.165, 1.54) is 11.1 Å². The smallest absolute Gasteiger partial charge is 0.159 e. The third-order valence-electron chi connectivity index (χ3n) is 5.42. The van der Waals surface area contributed by atoms with Gasteiger partial charge in [-0.1, -0.05) is 0 Å². The number of aromatic nitrogens is 3. The van der Waals surface area contributed by atoms with Gasteiger partial charge in [0.2, 0.25) is 0 Å². The van der Waals surface area contributed by atoms with Crippen molar-refractivity contribution < 1.29 is 4.79 Å². The van der Waals surface area contributed by atoms with E-state index in [-0.39, 0.29) is 0 Å². The first-order chi connectivity index (χ1) is 11.8. The third-order valence-corrected chi connectivity index (χ3v) is 5.42. The Bertz CT molecular complexity index is 927. The molecule has 1 aliphatic carbocycles. The highest BCUT2D eigenvalue weighted by molar-refractivity contribution is 6.10. The molecular formula is C19H20N4O. The predicted molar refractivity (Wildman–Crippen MR) is 94.1 cm³/mol. The summed E-state index contributed by atoms with van der Waals surface area (Å²) in [6.45, 7) is 1.98. The minimum atomic E-state index is 0.382. The van der Waals surface area contributed by atoms with Crippen LogP contribution in [0.3, 0.4) is 0 Å². The lowest BCUT2D eigenvalue weighted by atomic mass is 10.00. The number of H-pyrrole nitrogens is 1. The summed E-state index contributed by atoms with van der Waals surface area (Å²) in [6, 6.07) is 4.17. The van der Waals surface area contributed by atoms with E-state index in [9.17, 15) is 4.79 Å². The molecule has 1 N–H and O–H groups in total. The number of hydrogen-bond donors (Lipinski definition) is 1. The van der Waals surface area contributed by atoms with E-state index in [0.29, 0.717) is 17.6 Å². The molecule has 0 bridgehead atoms. The summed E-state index contributed by atoms with van der Waals surface area (Å²) >= 11 is 0. The van der Waals surface area contributed by atoms with Crippen molar-refractivity contribution in [3.63, 3.8) is 0 Å². The van der Waals surface area contributed by atoms with Gasteiger partial charge in [-0.3, -0.25) is 4.79 Å². The molecule has 3 aromatic heterocycles. The molecule has 0 radical (unpaired) electrons. The van der Waals surface area contributed by atoms with Crippen molar-refractivity contribution in [2.75, 3.05) is 18.0 Å². The number of hydrogen-bond acceptors (Lipinski definition) is 4. The fourth-order valence-electron chi connectivity index (χ4n) is 3.98. The summed E-state index contributed by atoms with van der Waals surface area (Å²) < 4.78 is 0. The maximum absolute atomic E-state index is 12.1. The molecule has 5 nitrogen and oxygen atoms in total. The highest BCUT2D eigenvalue weighted by Gasteiger charge is 2.33. The van der Waals surface area contributed by atoms with Crippen LogP contribution in [0.15, 0.2) is 30.7 Å². The molecule has 2 fully saturated rings. The second kappa shape index (κ2) is 5.30. The van der Waals surface area contributed by atoms with E-state index >= 15 is 0 Å². The molecule has 1 aliphatic heterocycles. The second-order valence-corrected chi connectivity index (χ2v) is 7.14. The molecule has 4 heterocycles. The minimum Gasteiger partial charge on any atom is -0.371 e. The molecular weight excluding hydrogens is 300 g/mol. The number of Topliss-reactive ketones (excluding diaryl/α,β-unsaturated/α-hetero) is 1. The highest BCUT2D eigenvalue weighted by atomic mass is 16.1. The van der Waals surface area contributed by atoms with Gasteiger partial charge in [0.15, 0.2) is 5.65 Å². The van der Waals surface area contributed by atoms with Gasteiger partial charge in [0.05, 0.1) is 11.7 Å². The standard InChI is InChI=1S/C19H20N4O/c24-17(13-1-2-13)9-12-5-8-23(11-12)16-4-7-20-15-10-22-19-14(18(15)16)3-6-21-19/h3-4,6-7,10,12-13,20H,1-2,5,8-9,11H2. The predicted octanol–water partition coefficient (Wildman–Crippen LogP) is 3.31. The minimum absolute atomic E-state index is 0.382. The summed E-state index contributed by atoms with van der Waals surface area (Å²) in [7, 11) is 0. The lowest BCUT2D eigenvalue weighted by Crippen LogP contribution is -2.21. The van der Waals surface area contributed by atoms with Crippen molar-refractivity contribution in [2.24, 2.45) is 11.8 Å². The van der Waals surface area contributed by atoms with Gasteiger partial charge in [0.1, 0.15) is 5.78 Å². The average Bonchev–Trinajstić information content (AvgIpc) is 3.17. The van der Waals surface area contributed by atoms with Crippen molar-refractivity contribution >= 4 is 33.4 Å². The fraction of sp³-hybridized carbons (Fsp3) is 0.421. The summed E-state index contributed by atoms with van der Waals surface area (Å²) in [5.74, 6) is 1.36. The molecule has 24 heavy (non-hydrogen) atoms. The molecule has 1 saturated carbocycles. The van der Waals surface area contributed by atoms with Crippen LogP contribution in [0.4, 0.5) is 5.69 Å². The number of nitrogens with zero attached hydrogens (tertiary/aromatic N) is 3. The zero-order valence-corrected chi connectivity index (χ0v) is 13.5. The van der Waals surface area contributed by atoms with Gasteiger partial charge in [0.25, 0.3) is 0 Å². The van der Waals surface area contributed by atoms with Crippen molar-refractivity contribution in [1.29, 1.82) is 0 Å². The molecule has 3 aromatic rings. The van der Waals surface area contributed by atoms with Crippen molar-refractivity contribution in [3.8, 4) is 0 Å². The summed E-state index contributed by atoms with van der Waals surface area (Å²) in [6.07, 6.45) is 9.74. The maximum Gasteiger partial charge on any atom is 0.159 e. The number of aromatic amines is 1. The number of ketones is 1. The number of pyridine rings is 2. The number of carbonyl (C=O) groups excluding carboxylic acids is 1. The van der Waals surface area contributed by atoms with Crippen LogP contribution >= 0.6 is 0 Å². The molecule has 122 valence electrons. The van der Waals surface area contributed by atoms with Gasteiger partial charge in [-0.15, -0.1) is 0 Å². The molecule has 5 rings (SSSR count). The molecule has 1 saturated heterocycles. The second-order valence-electron chi connectivity index (χ2n) is 7.14. The number of rotatable bonds is 4. The van der Waals surface area contributed by atoms with Crippen LogP contribution in [0, 0.1) is 11.8 Å². The summed E-state index contributed by atoms with van der Waals surface area (Å²) in [5, 5.41) is 2.28. The van der Waals surface area contributed by atoms with Crippen molar-refractivity contribution in [2.45, 2.75) is 25.7 Å². The fourth-order valence-corrected chi connectivity index (χ4v) is 3.98. The van der Waals surface area contributed by atoms with Crippen LogP contribution in [0.5, 0.6) is 0 Å². The van der Waals surface area contributed by atoms with Crippen LogP contribution in [-0.2, 0) is 4.79 Å². The Balaban J connectivity index is 1.48. The van der Waals surface area contributed by atoms with Gasteiger partial charge in [-0.25, -0.2) is 9.97 Å². The Morgan fingerprint density at radius 3 is 3.04 bits per heavy atom. The van der Waals surface area contributed by atoms with E-state index in [4.69, 9.17) is 0 Å². The summed E-state index contributed by atoms with van der Waals surface area (Å²) in [4.78, 5) is 26.6. The van der Waals surface area contributed by atoms with Crippen LogP contribution in [0.2, 0.25) is 0 Å². The number of carbonyl (C=O) groups is 1. The van der Waals surface area contributed by atoms with E-state index in [1.807, 2.05) is 24.7 Å². The quantitative estimate of drug-likeness (QED) is 0.801. The number of fused-ring (bicyclic) bond motifs is 3. The molecule has 5 heteroatoms. The molecule has 1 atom stereocenters. The number of nitrogens with one attached hydrogen (secondary N) is 1. The van der Waals surface area contributed by atoms with Crippen molar-refractivity contribution in [1.82, 2.24) is 15.0 Å². The lowest BCUT2D eigenvalue weighted by molar-refractivity contribution is -0.121. The molecule has 0 amide bonds. The van der Waals surface area contributed by atoms with Crippen LogP contribution < -0.4 is 4.90 Å². The molecule has 0 aromatic carbocycles. The van der Waals surface area contributed by atoms with E-state index in [1.54, 1.807) is 0 Å². The highest BCUT2D eigenvalue weighted by Crippen LogP contribution is 2.37. The van der Waals surface area contributed by atoms with Gasteiger partial charge in [0, 0.05) is 54.3 Å². The third kappa shape index (κ3) is 2.27. The largest absolute Gasteiger partial charge is 0.371 e. The Kier molecular flexibility index (Phi) is 3.08. The normalized spacial score (nSPS) is 21.0. The van der Waals surface area contributed by atoms with Gasteiger partial charge in [-0.2, -0.15) is 0 Å². The number of anilines is 1. The van der Waals surface area contributed by atoms with E-state index < -0.39 is 0 Å². The Hall–Kier alpha value is -2.43. The molecule has 2 aliphatic rings. The lowest BCUT2D eigenvalue weighted by Gasteiger charge is -2.21. The van der Waals surface area contributed by atoms with Gasteiger partial charge < -0.3 is 9.88 Å². The van der Waals surface area contributed by atoms with E-state index in [0.717, 1.165) is 55.3 Å². The van der Waals surface area contributed by atoms with Crippen molar-refractivity contribution in [3.05, 3.63) is 30.7 Å². The zero-order valence-electron chi connectivity index (χ0n) is 13.5. The molecule has 1 unspecified atom stereocenters. The molecule has 0 spiro atoms. The Labute approximate surface area is 140 Å². The first-order valence-corrected chi connectivity index (χ1v) is 8.78. The zero-order chi connectivity index (χ0) is 16.1. The van der Waals surface area contributed by atoms with E-state index in [2.05, 4.69) is 25.9 Å². The Morgan fingerprint density at radius 1 is 1.25 bits per heavy atom. The topological polar surface area (TPSA) is 61.9 Å². The average molecular weight is 320 g/mol. The van der Waals surface area contributed by atoms with Crippen LogP contribution in [0.25, 0.3) is 21.9 Å². The first kappa shape index (κ1) is 14.0. The van der Waals surface area contributed by atoms with Crippen LogP contribution in [-0.4, -0.2) is 33.8 Å². The van der Waals surface area contributed by atoms with Crippen LogP contribution in [0.1, 0.15) is 25.7 Å². The maximum atomic E-state index is 12.1. The Morgan fingerprint density at radius 2 is 2.17 bits per heavy atom. The van der Waals surface area contributed by atoms with Gasteiger partial charge in [-0.05, 0) is 37.3 Å². The first-order valence-electron chi connectivity index (χ1n) is 8.78.